The monoisotopic (exact) mass is 359 g/mol. The number of aromatic nitrogens is 2. The maximum Gasteiger partial charge on any atom is 0.228 e. The number of halogens is 2. The van der Waals surface area contributed by atoms with Crippen molar-refractivity contribution in [3.05, 3.63) is 29.4 Å². The summed E-state index contributed by atoms with van der Waals surface area (Å²) in [5, 5.41) is 1.39. The zero-order chi connectivity index (χ0) is 16.1. The van der Waals surface area contributed by atoms with Gasteiger partial charge >= 0.3 is 0 Å². The smallest absolute Gasteiger partial charge is 0.228 e. The summed E-state index contributed by atoms with van der Waals surface area (Å²) < 4.78 is 13.3. The van der Waals surface area contributed by atoms with Crippen molar-refractivity contribution in [2.45, 2.75) is 13.3 Å². The van der Waals surface area contributed by atoms with E-state index in [0.717, 1.165) is 11.9 Å². The highest BCUT2D eigenvalue weighted by Gasteiger charge is 2.21. The quantitative estimate of drug-likeness (QED) is 0.778. The lowest BCUT2D eigenvalue weighted by molar-refractivity contribution is -0.118. The first-order valence-corrected chi connectivity index (χ1v) is 9.22. The topological polar surface area (TPSA) is 46.1 Å². The molecule has 2 aromatic rings. The number of hydrogen-bond donors (Lipinski definition) is 0. The fourth-order valence-electron chi connectivity index (χ4n) is 1.87. The van der Waals surface area contributed by atoms with Crippen LogP contribution in [0.25, 0.3) is 10.6 Å². The summed E-state index contributed by atoms with van der Waals surface area (Å²) in [6.45, 7) is 2.40. The second kappa shape index (κ2) is 7.89. The summed E-state index contributed by atoms with van der Waals surface area (Å²) in [5.41, 5.74) is 0.547. The van der Waals surface area contributed by atoms with Crippen molar-refractivity contribution in [2.24, 2.45) is 0 Å². The van der Waals surface area contributed by atoms with Crippen molar-refractivity contribution < 1.29 is 9.18 Å². The van der Waals surface area contributed by atoms with Crippen molar-refractivity contribution in [1.82, 2.24) is 9.97 Å². The number of nitrogens with zero attached hydrogens (tertiary/aromatic N) is 3. The molecule has 2 heterocycles. The number of pyridine rings is 1. The number of amides is 1. The van der Waals surface area contributed by atoms with Crippen molar-refractivity contribution in [2.75, 3.05) is 23.5 Å². The van der Waals surface area contributed by atoms with Crippen LogP contribution < -0.4 is 4.90 Å². The van der Waals surface area contributed by atoms with Crippen molar-refractivity contribution in [1.29, 1.82) is 0 Å². The number of hydrogen-bond acceptors (Lipinski definition) is 5. The number of carbonyl (C=O) groups is 1. The first kappa shape index (κ1) is 17.2. The van der Waals surface area contributed by atoms with E-state index in [1.54, 1.807) is 16.7 Å². The van der Waals surface area contributed by atoms with Gasteiger partial charge in [-0.25, -0.2) is 9.37 Å². The number of thiazole rings is 1. The summed E-state index contributed by atoms with van der Waals surface area (Å²) in [7, 11) is 0. The third kappa shape index (κ3) is 3.97. The van der Waals surface area contributed by atoms with Crippen LogP contribution in [0, 0.1) is 5.82 Å². The van der Waals surface area contributed by atoms with E-state index in [0.29, 0.717) is 28.5 Å². The molecule has 2 rings (SSSR count). The molecule has 0 radical (unpaired) electrons. The zero-order valence-corrected chi connectivity index (χ0v) is 14.6. The first-order chi connectivity index (χ1) is 10.6. The van der Waals surface area contributed by atoms with E-state index in [9.17, 15) is 9.18 Å². The molecule has 0 spiro atoms. The van der Waals surface area contributed by atoms with Crippen molar-refractivity contribution in [3.63, 3.8) is 0 Å². The fourth-order valence-corrected chi connectivity index (χ4v) is 3.62. The number of rotatable bonds is 6. The third-order valence-corrected chi connectivity index (χ3v) is 5.02. The highest BCUT2D eigenvalue weighted by Crippen LogP contribution is 2.37. The molecule has 0 aromatic carbocycles. The predicted octanol–water partition coefficient (Wildman–Crippen LogP) is 4.10. The summed E-state index contributed by atoms with van der Waals surface area (Å²) in [4.78, 5) is 21.9. The molecule has 118 valence electrons. The Bertz CT molecular complexity index is 665. The predicted molar refractivity (Wildman–Crippen MR) is 91.3 cm³/mol. The normalized spacial score (nSPS) is 10.7. The largest absolute Gasteiger partial charge is 0.301 e. The van der Waals surface area contributed by atoms with Gasteiger partial charge in [0.05, 0.1) is 6.20 Å². The van der Waals surface area contributed by atoms with Gasteiger partial charge in [-0.2, -0.15) is 11.8 Å². The molecular weight excluding hydrogens is 345 g/mol. The lowest BCUT2D eigenvalue weighted by Crippen LogP contribution is -2.30. The third-order valence-electron chi connectivity index (χ3n) is 2.90. The molecule has 0 aliphatic carbocycles. The van der Waals surface area contributed by atoms with Gasteiger partial charge < -0.3 is 4.90 Å². The molecule has 8 heteroatoms. The molecule has 22 heavy (non-hydrogen) atoms. The van der Waals surface area contributed by atoms with E-state index in [4.69, 9.17) is 11.6 Å². The van der Waals surface area contributed by atoms with E-state index < -0.39 is 5.82 Å². The van der Waals surface area contributed by atoms with Gasteiger partial charge in [-0.15, -0.1) is 0 Å². The van der Waals surface area contributed by atoms with E-state index in [1.165, 1.54) is 23.6 Å². The molecule has 1 amide bonds. The molecule has 0 aliphatic rings. The maximum absolute atomic E-state index is 13.3. The highest BCUT2D eigenvalue weighted by molar-refractivity contribution is 7.98. The lowest BCUT2D eigenvalue weighted by Gasteiger charge is -2.18. The van der Waals surface area contributed by atoms with E-state index in [1.807, 2.05) is 13.2 Å². The second-order valence-electron chi connectivity index (χ2n) is 4.39. The van der Waals surface area contributed by atoms with Gasteiger partial charge in [0, 0.05) is 30.5 Å². The maximum atomic E-state index is 13.3. The van der Waals surface area contributed by atoms with Crippen LogP contribution in [-0.2, 0) is 4.79 Å². The minimum atomic E-state index is -0.436. The summed E-state index contributed by atoms with van der Waals surface area (Å²) in [6.07, 6.45) is 5.05. The van der Waals surface area contributed by atoms with E-state index in [2.05, 4.69) is 9.97 Å². The molecule has 0 aliphatic heterocycles. The molecule has 0 saturated heterocycles. The SMILES string of the molecule is CCN(C(=O)CCSC)c1sc(-c2cncc(F)c2)nc1Cl. The first-order valence-electron chi connectivity index (χ1n) is 6.63. The Balaban J connectivity index is 2.30. The summed E-state index contributed by atoms with van der Waals surface area (Å²) in [6, 6.07) is 1.35. The Kier molecular flexibility index (Phi) is 6.16. The van der Waals surface area contributed by atoms with Gasteiger partial charge in [-0.1, -0.05) is 22.9 Å². The number of carbonyl (C=O) groups excluding carboxylic acids is 1. The molecule has 0 unspecified atom stereocenters. The van der Waals surface area contributed by atoms with Gasteiger partial charge in [0.2, 0.25) is 5.91 Å². The molecule has 2 aromatic heterocycles. The fraction of sp³-hybridized carbons (Fsp3) is 0.357. The standard InChI is InChI=1S/C14H15ClFN3OS2/c1-3-19(11(20)4-5-21-2)14-12(15)18-13(22-14)9-6-10(16)8-17-7-9/h6-8H,3-5H2,1-2H3. The van der Waals surface area contributed by atoms with Gasteiger partial charge in [-0.3, -0.25) is 9.78 Å². The summed E-state index contributed by atoms with van der Waals surface area (Å²) in [5.74, 6) is 0.326. The molecule has 4 nitrogen and oxygen atoms in total. The second-order valence-corrected chi connectivity index (χ2v) is 6.71. The molecule has 0 bridgehead atoms. The molecule has 0 fully saturated rings. The summed E-state index contributed by atoms with van der Waals surface area (Å²) >= 11 is 9.05. The van der Waals surface area contributed by atoms with Crippen molar-refractivity contribution in [3.8, 4) is 10.6 Å². The van der Waals surface area contributed by atoms with E-state index >= 15 is 0 Å². The van der Waals surface area contributed by atoms with Crippen LogP contribution in [0.1, 0.15) is 13.3 Å². The van der Waals surface area contributed by atoms with Crippen LogP contribution in [0.15, 0.2) is 18.5 Å². The van der Waals surface area contributed by atoms with Crippen LogP contribution in [0.5, 0.6) is 0 Å². The van der Waals surface area contributed by atoms with Crippen LogP contribution in [0.3, 0.4) is 0 Å². The van der Waals surface area contributed by atoms with Gasteiger partial charge in [0.1, 0.15) is 15.8 Å². The van der Waals surface area contributed by atoms with E-state index in [-0.39, 0.29) is 11.1 Å². The number of thioether (sulfide) groups is 1. The van der Waals surface area contributed by atoms with Gasteiger partial charge in [0.25, 0.3) is 0 Å². The molecule has 0 N–H and O–H groups in total. The highest BCUT2D eigenvalue weighted by atomic mass is 35.5. The van der Waals surface area contributed by atoms with Gasteiger partial charge in [0.15, 0.2) is 5.15 Å². The Morgan fingerprint density at radius 3 is 2.91 bits per heavy atom. The lowest BCUT2D eigenvalue weighted by atomic mass is 10.3. The Morgan fingerprint density at radius 1 is 1.50 bits per heavy atom. The zero-order valence-electron chi connectivity index (χ0n) is 12.2. The van der Waals surface area contributed by atoms with Crippen LogP contribution in [0.2, 0.25) is 5.15 Å². The Morgan fingerprint density at radius 2 is 2.27 bits per heavy atom. The molecule has 0 saturated carbocycles. The van der Waals surface area contributed by atoms with Crippen LogP contribution in [-0.4, -0.2) is 34.4 Å². The average Bonchev–Trinajstić information content (AvgIpc) is 2.88. The Hall–Kier alpha value is -1.18. The minimum Gasteiger partial charge on any atom is -0.301 e. The van der Waals surface area contributed by atoms with Crippen LogP contribution in [0.4, 0.5) is 9.39 Å². The minimum absolute atomic E-state index is 0.00585. The van der Waals surface area contributed by atoms with Gasteiger partial charge in [-0.05, 0) is 19.2 Å². The molecule has 0 atom stereocenters. The van der Waals surface area contributed by atoms with Crippen LogP contribution >= 0.6 is 34.7 Å². The molecular formula is C14H15ClFN3OS2. The average molecular weight is 360 g/mol. The Labute approximate surface area is 141 Å². The number of anilines is 1. The van der Waals surface area contributed by atoms with Crippen molar-refractivity contribution >= 4 is 45.6 Å².